The van der Waals surface area contributed by atoms with E-state index in [0.717, 1.165) is 42.4 Å². The van der Waals surface area contributed by atoms with Crippen molar-refractivity contribution < 1.29 is 14.3 Å². The van der Waals surface area contributed by atoms with Gasteiger partial charge in [-0.05, 0) is 51.7 Å². The van der Waals surface area contributed by atoms with Crippen LogP contribution in [-0.2, 0) is 0 Å². The van der Waals surface area contributed by atoms with Crippen LogP contribution < -0.4 is 5.32 Å². The molecule has 2 aromatic rings. The Kier molecular flexibility index (Phi) is 5.09. The van der Waals surface area contributed by atoms with Gasteiger partial charge in [-0.15, -0.1) is 0 Å². The Hall–Kier alpha value is -2.01. The van der Waals surface area contributed by atoms with Gasteiger partial charge >= 0.3 is 6.03 Å². The average molecular weight is 330 g/mol. The lowest BCUT2D eigenvalue weighted by molar-refractivity contribution is 0.113. The summed E-state index contributed by atoms with van der Waals surface area (Å²) in [6.45, 7) is 4.58. The highest BCUT2D eigenvalue weighted by atomic mass is 16.3. The molecule has 1 saturated carbocycles. The fourth-order valence-electron chi connectivity index (χ4n) is 3.43. The molecule has 1 aromatic heterocycles. The van der Waals surface area contributed by atoms with E-state index in [-0.39, 0.29) is 24.2 Å². The molecule has 1 aromatic carbocycles. The minimum Gasteiger partial charge on any atom is -0.459 e. The molecule has 0 aliphatic heterocycles. The van der Waals surface area contributed by atoms with Crippen molar-refractivity contribution in [2.24, 2.45) is 0 Å². The van der Waals surface area contributed by atoms with E-state index in [0.29, 0.717) is 6.54 Å². The number of nitrogens with one attached hydrogen (secondary N) is 1. The highest BCUT2D eigenvalue weighted by molar-refractivity contribution is 5.78. The van der Waals surface area contributed by atoms with E-state index in [4.69, 9.17) is 4.42 Å². The van der Waals surface area contributed by atoms with Crippen molar-refractivity contribution in [3.63, 3.8) is 0 Å². The molecule has 5 heteroatoms. The third-order valence-corrected chi connectivity index (χ3v) is 4.95. The van der Waals surface area contributed by atoms with Crippen LogP contribution in [0.2, 0.25) is 0 Å². The zero-order valence-electron chi connectivity index (χ0n) is 14.4. The van der Waals surface area contributed by atoms with Gasteiger partial charge in [-0.3, -0.25) is 0 Å². The van der Waals surface area contributed by atoms with E-state index in [1.54, 1.807) is 4.90 Å². The second-order valence-corrected chi connectivity index (χ2v) is 6.60. The predicted octanol–water partition coefficient (Wildman–Crippen LogP) is 3.83. The number of hydrogen-bond donors (Lipinski definition) is 2. The van der Waals surface area contributed by atoms with Crippen LogP contribution in [-0.4, -0.2) is 34.7 Å². The lowest BCUT2D eigenvalue weighted by Crippen LogP contribution is -2.47. The van der Waals surface area contributed by atoms with E-state index in [1.807, 2.05) is 44.2 Å². The van der Waals surface area contributed by atoms with Gasteiger partial charge in [0, 0.05) is 18.0 Å². The first kappa shape index (κ1) is 16.8. The summed E-state index contributed by atoms with van der Waals surface area (Å²) in [5.74, 6) is 0.798. The Balaban J connectivity index is 1.68. The monoisotopic (exact) mass is 330 g/mol. The van der Waals surface area contributed by atoms with Gasteiger partial charge < -0.3 is 19.7 Å². The van der Waals surface area contributed by atoms with Gasteiger partial charge in [-0.25, -0.2) is 4.79 Å². The topological polar surface area (TPSA) is 65.7 Å². The normalized spacial score (nSPS) is 22.3. The quantitative estimate of drug-likeness (QED) is 0.895. The molecule has 5 nitrogen and oxygen atoms in total. The number of benzene rings is 1. The first-order chi connectivity index (χ1) is 11.6. The van der Waals surface area contributed by atoms with Crippen molar-refractivity contribution in [2.75, 3.05) is 6.54 Å². The maximum atomic E-state index is 12.7. The van der Waals surface area contributed by atoms with Gasteiger partial charge in [-0.2, -0.15) is 0 Å². The van der Waals surface area contributed by atoms with E-state index in [1.165, 1.54) is 0 Å². The summed E-state index contributed by atoms with van der Waals surface area (Å²) in [5.41, 5.74) is 0.845. The van der Waals surface area contributed by atoms with Gasteiger partial charge in [-0.1, -0.05) is 18.2 Å². The summed E-state index contributed by atoms with van der Waals surface area (Å²) >= 11 is 0. The lowest BCUT2D eigenvalue weighted by Gasteiger charge is -2.31. The van der Waals surface area contributed by atoms with Crippen LogP contribution in [0.4, 0.5) is 4.79 Å². The van der Waals surface area contributed by atoms with Crippen LogP contribution in [0, 0.1) is 0 Å². The highest BCUT2D eigenvalue weighted by Crippen LogP contribution is 2.27. The standard InChI is InChI=1S/C19H26N2O3/c1-3-21(19(23)20-15-8-10-16(22)11-9-15)13(2)18-12-14-6-4-5-7-17(14)24-18/h4-7,12-13,15-16,22H,3,8-11H2,1-2H3,(H,20,23). The summed E-state index contributed by atoms with van der Waals surface area (Å²) in [6.07, 6.45) is 2.98. The van der Waals surface area contributed by atoms with Crippen molar-refractivity contribution >= 4 is 17.0 Å². The van der Waals surface area contributed by atoms with Gasteiger partial charge in [0.2, 0.25) is 0 Å². The second-order valence-electron chi connectivity index (χ2n) is 6.60. The number of nitrogens with zero attached hydrogens (tertiary/aromatic N) is 1. The van der Waals surface area contributed by atoms with Gasteiger partial charge in [0.25, 0.3) is 0 Å². The fourth-order valence-corrected chi connectivity index (χ4v) is 3.43. The number of fused-ring (bicyclic) bond motifs is 1. The van der Waals surface area contributed by atoms with Crippen molar-refractivity contribution in [3.05, 3.63) is 36.1 Å². The highest BCUT2D eigenvalue weighted by Gasteiger charge is 2.26. The lowest BCUT2D eigenvalue weighted by atomic mass is 9.93. The molecular formula is C19H26N2O3. The van der Waals surface area contributed by atoms with Crippen molar-refractivity contribution in [2.45, 2.75) is 57.7 Å². The Morgan fingerprint density at radius 3 is 2.71 bits per heavy atom. The fraction of sp³-hybridized carbons (Fsp3) is 0.526. The number of furan rings is 1. The number of carbonyl (C=O) groups is 1. The molecule has 1 aliphatic carbocycles. The number of rotatable bonds is 4. The molecule has 1 aliphatic rings. The SMILES string of the molecule is CCN(C(=O)NC1CCC(O)CC1)C(C)c1cc2ccccc2o1. The van der Waals surface area contributed by atoms with Crippen LogP contribution in [0.15, 0.2) is 34.7 Å². The Labute approximate surface area is 142 Å². The first-order valence-electron chi connectivity index (χ1n) is 8.82. The molecule has 130 valence electrons. The van der Waals surface area contributed by atoms with Crippen LogP contribution in [0.5, 0.6) is 0 Å². The molecule has 24 heavy (non-hydrogen) atoms. The third-order valence-electron chi connectivity index (χ3n) is 4.95. The molecule has 2 N–H and O–H groups in total. The van der Waals surface area contributed by atoms with Gasteiger partial charge in [0.1, 0.15) is 11.3 Å². The van der Waals surface area contributed by atoms with Crippen LogP contribution in [0.25, 0.3) is 11.0 Å². The summed E-state index contributed by atoms with van der Waals surface area (Å²) in [6, 6.07) is 9.85. The zero-order chi connectivity index (χ0) is 17.1. The van der Waals surface area contributed by atoms with E-state index in [9.17, 15) is 9.90 Å². The Morgan fingerprint density at radius 1 is 1.33 bits per heavy atom. The summed E-state index contributed by atoms with van der Waals surface area (Å²) in [4.78, 5) is 14.5. The third kappa shape index (κ3) is 3.56. The molecule has 0 bridgehead atoms. The average Bonchev–Trinajstić information content (AvgIpc) is 3.01. The number of para-hydroxylation sites is 1. The van der Waals surface area contributed by atoms with Crippen molar-refractivity contribution in [1.82, 2.24) is 10.2 Å². The summed E-state index contributed by atoms with van der Waals surface area (Å²) in [5, 5.41) is 13.7. The van der Waals surface area contributed by atoms with E-state index < -0.39 is 0 Å². The van der Waals surface area contributed by atoms with Crippen molar-refractivity contribution in [1.29, 1.82) is 0 Å². The molecule has 1 heterocycles. The van der Waals surface area contributed by atoms with E-state index >= 15 is 0 Å². The van der Waals surface area contributed by atoms with Crippen LogP contribution in [0.3, 0.4) is 0 Å². The first-order valence-corrected chi connectivity index (χ1v) is 8.82. The molecule has 0 saturated heterocycles. The number of urea groups is 1. The predicted molar refractivity (Wildman–Crippen MR) is 93.8 cm³/mol. The Morgan fingerprint density at radius 2 is 2.04 bits per heavy atom. The van der Waals surface area contributed by atoms with Gasteiger partial charge in [0.05, 0.1) is 12.1 Å². The number of aliphatic hydroxyl groups is 1. The molecule has 1 fully saturated rings. The van der Waals surface area contributed by atoms with Crippen molar-refractivity contribution in [3.8, 4) is 0 Å². The van der Waals surface area contributed by atoms with Gasteiger partial charge in [0.15, 0.2) is 0 Å². The molecule has 1 atom stereocenters. The maximum Gasteiger partial charge on any atom is 0.318 e. The number of carbonyl (C=O) groups excluding carboxylic acids is 1. The second kappa shape index (κ2) is 7.26. The molecule has 0 spiro atoms. The van der Waals surface area contributed by atoms with E-state index in [2.05, 4.69) is 5.32 Å². The maximum absolute atomic E-state index is 12.7. The number of amides is 2. The zero-order valence-corrected chi connectivity index (χ0v) is 14.4. The minimum atomic E-state index is -0.213. The molecule has 3 rings (SSSR count). The largest absolute Gasteiger partial charge is 0.459 e. The molecular weight excluding hydrogens is 304 g/mol. The van der Waals surface area contributed by atoms with Crippen LogP contribution >= 0.6 is 0 Å². The minimum absolute atomic E-state index is 0.0631. The molecule has 1 unspecified atom stereocenters. The number of aliphatic hydroxyl groups excluding tert-OH is 1. The van der Waals surface area contributed by atoms with Crippen LogP contribution in [0.1, 0.15) is 51.3 Å². The summed E-state index contributed by atoms with van der Waals surface area (Å²) < 4.78 is 5.91. The smallest absolute Gasteiger partial charge is 0.318 e. The molecule has 2 amide bonds. The summed E-state index contributed by atoms with van der Waals surface area (Å²) in [7, 11) is 0. The Bertz CT molecular complexity index is 656. The number of hydrogen-bond acceptors (Lipinski definition) is 3. The molecule has 0 radical (unpaired) electrons.